The Balaban J connectivity index is 0. The summed E-state index contributed by atoms with van der Waals surface area (Å²) in [6.07, 6.45) is 0. The average Bonchev–Trinajstić information content (AvgIpc) is 1.84. The number of rotatable bonds is 2. The first-order valence-electron chi connectivity index (χ1n) is 2.57. The van der Waals surface area contributed by atoms with Crippen molar-refractivity contribution in [3.63, 3.8) is 0 Å². The van der Waals surface area contributed by atoms with Crippen LogP contribution in [0.4, 0.5) is 0 Å². The standard InChI is InChI=1S/C5H10ClNO2.ClH/c1-3(6)4(7)5(8)9-2;/h3-4H,7H2,1-2H3;1H/t3-,4+;/m0./s1. The van der Waals surface area contributed by atoms with Gasteiger partial charge in [0.1, 0.15) is 6.04 Å². The van der Waals surface area contributed by atoms with Gasteiger partial charge in [0, 0.05) is 0 Å². The number of hydrogen-bond acceptors (Lipinski definition) is 3. The predicted molar refractivity (Wildman–Crippen MR) is 42.6 cm³/mol. The molecular formula is C5H11Cl2NO2. The lowest BCUT2D eigenvalue weighted by atomic mass is 10.2. The number of carbonyl (C=O) groups is 1. The maximum absolute atomic E-state index is 10.5. The molecule has 2 atom stereocenters. The van der Waals surface area contributed by atoms with Crippen LogP contribution in [0.2, 0.25) is 0 Å². The highest BCUT2D eigenvalue weighted by atomic mass is 35.5. The van der Waals surface area contributed by atoms with Crippen LogP contribution in [0.1, 0.15) is 6.92 Å². The summed E-state index contributed by atoms with van der Waals surface area (Å²) >= 11 is 5.48. The molecule has 0 aromatic heterocycles. The topological polar surface area (TPSA) is 52.3 Å². The number of carbonyl (C=O) groups excluding carboxylic acids is 1. The predicted octanol–water partition coefficient (Wildman–Crippen LogP) is 0.536. The minimum absolute atomic E-state index is 0. The fourth-order valence-corrected chi connectivity index (χ4v) is 0.426. The van der Waals surface area contributed by atoms with Crippen molar-refractivity contribution in [2.45, 2.75) is 18.3 Å². The largest absolute Gasteiger partial charge is 0.468 e. The minimum atomic E-state index is -0.711. The summed E-state index contributed by atoms with van der Waals surface area (Å²) < 4.78 is 4.32. The van der Waals surface area contributed by atoms with E-state index in [-0.39, 0.29) is 17.8 Å². The number of hydrogen-bond donors (Lipinski definition) is 1. The summed E-state index contributed by atoms with van der Waals surface area (Å²) in [6, 6.07) is -0.711. The molecule has 0 spiro atoms. The normalized spacial score (nSPS) is 14.8. The molecular weight excluding hydrogens is 177 g/mol. The molecule has 0 bridgehead atoms. The van der Waals surface area contributed by atoms with Gasteiger partial charge in [0.2, 0.25) is 0 Å². The summed E-state index contributed by atoms with van der Waals surface area (Å²) in [5.41, 5.74) is 5.26. The van der Waals surface area contributed by atoms with Crippen LogP contribution in [0, 0.1) is 0 Å². The fourth-order valence-electron chi connectivity index (χ4n) is 0.324. The molecule has 0 saturated carbocycles. The molecule has 0 unspecified atom stereocenters. The van der Waals surface area contributed by atoms with E-state index in [1.165, 1.54) is 7.11 Å². The van der Waals surface area contributed by atoms with E-state index < -0.39 is 12.0 Å². The van der Waals surface area contributed by atoms with Gasteiger partial charge in [-0.1, -0.05) is 0 Å². The highest BCUT2D eigenvalue weighted by molar-refractivity contribution is 6.22. The molecule has 0 fully saturated rings. The molecule has 62 valence electrons. The summed E-state index contributed by atoms with van der Waals surface area (Å²) in [5, 5.41) is -0.377. The third kappa shape index (κ3) is 3.93. The maximum Gasteiger partial charge on any atom is 0.324 e. The molecule has 0 aliphatic carbocycles. The lowest BCUT2D eigenvalue weighted by Gasteiger charge is -2.09. The zero-order valence-electron chi connectivity index (χ0n) is 5.83. The third-order valence-corrected chi connectivity index (χ3v) is 1.24. The van der Waals surface area contributed by atoms with Crippen molar-refractivity contribution < 1.29 is 9.53 Å². The van der Waals surface area contributed by atoms with Crippen molar-refractivity contribution in [3.05, 3.63) is 0 Å². The Labute approximate surface area is 71.3 Å². The molecule has 0 amide bonds. The molecule has 0 aromatic rings. The summed E-state index contributed by atoms with van der Waals surface area (Å²) in [6.45, 7) is 1.64. The van der Waals surface area contributed by atoms with Gasteiger partial charge in [-0.2, -0.15) is 0 Å². The Morgan fingerprint density at radius 1 is 1.70 bits per heavy atom. The molecule has 0 aromatic carbocycles. The number of esters is 1. The van der Waals surface area contributed by atoms with Gasteiger partial charge in [-0.15, -0.1) is 24.0 Å². The van der Waals surface area contributed by atoms with E-state index in [2.05, 4.69) is 4.74 Å². The van der Waals surface area contributed by atoms with Gasteiger partial charge >= 0.3 is 5.97 Å². The van der Waals surface area contributed by atoms with Crippen LogP contribution in [0.25, 0.3) is 0 Å². The smallest absolute Gasteiger partial charge is 0.324 e. The average molecular weight is 188 g/mol. The second kappa shape index (κ2) is 5.77. The third-order valence-electron chi connectivity index (χ3n) is 0.968. The minimum Gasteiger partial charge on any atom is -0.468 e. The number of halogens is 2. The van der Waals surface area contributed by atoms with Crippen molar-refractivity contribution in [1.82, 2.24) is 0 Å². The fraction of sp³-hybridized carbons (Fsp3) is 0.800. The Hall–Kier alpha value is 0.01000. The van der Waals surface area contributed by atoms with E-state index in [4.69, 9.17) is 17.3 Å². The van der Waals surface area contributed by atoms with Gasteiger partial charge in [0.05, 0.1) is 12.5 Å². The van der Waals surface area contributed by atoms with Crippen LogP contribution in [0.5, 0.6) is 0 Å². The van der Waals surface area contributed by atoms with Crippen LogP contribution < -0.4 is 5.73 Å². The quantitative estimate of drug-likeness (QED) is 0.508. The van der Waals surface area contributed by atoms with Gasteiger partial charge in [-0.25, -0.2) is 0 Å². The van der Waals surface area contributed by atoms with E-state index in [9.17, 15) is 4.79 Å². The second-order valence-corrected chi connectivity index (χ2v) is 2.41. The number of alkyl halides is 1. The monoisotopic (exact) mass is 187 g/mol. The van der Waals surface area contributed by atoms with E-state index in [1.807, 2.05) is 0 Å². The van der Waals surface area contributed by atoms with Gasteiger partial charge in [0.15, 0.2) is 0 Å². The molecule has 0 rings (SSSR count). The maximum atomic E-state index is 10.5. The van der Waals surface area contributed by atoms with E-state index in [1.54, 1.807) is 6.92 Å². The Bertz CT molecular complexity index is 108. The van der Waals surface area contributed by atoms with Gasteiger partial charge < -0.3 is 10.5 Å². The van der Waals surface area contributed by atoms with Crippen LogP contribution in [-0.2, 0) is 9.53 Å². The molecule has 3 nitrogen and oxygen atoms in total. The lowest BCUT2D eigenvalue weighted by molar-refractivity contribution is -0.142. The van der Waals surface area contributed by atoms with Crippen LogP contribution in [0.3, 0.4) is 0 Å². The Morgan fingerprint density at radius 2 is 2.10 bits per heavy atom. The molecule has 0 radical (unpaired) electrons. The molecule has 2 N–H and O–H groups in total. The first kappa shape index (κ1) is 12.7. The summed E-state index contributed by atoms with van der Waals surface area (Å²) in [7, 11) is 1.28. The molecule has 0 heterocycles. The van der Waals surface area contributed by atoms with E-state index >= 15 is 0 Å². The van der Waals surface area contributed by atoms with Crippen LogP contribution in [0.15, 0.2) is 0 Å². The van der Waals surface area contributed by atoms with Gasteiger partial charge in [-0.05, 0) is 6.92 Å². The number of ether oxygens (including phenoxy) is 1. The summed E-state index contributed by atoms with van der Waals surface area (Å²) in [4.78, 5) is 10.5. The zero-order valence-corrected chi connectivity index (χ0v) is 7.41. The van der Waals surface area contributed by atoms with E-state index in [0.29, 0.717) is 0 Å². The van der Waals surface area contributed by atoms with Crippen molar-refractivity contribution in [1.29, 1.82) is 0 Å². The van der Waals surface area contributed by atoms with Crippen molar-refractivity contribution in [2.75, 3.05) is 7.11 Å². The second-order valence-electron chi connectivity index (χ2n) is 1.73. The van der Waals surface area contributed by atoms with E-state index in [0.717, 1.165) is 0 Å². The van der Waals surface area contributed by atoms with Crippen LogP contribution >= 0.6 is 24.0 Å². The highest BCUT2D eigenvalue weighted by Gasteiger charge is 2.18. The van der Waals surface area contributed by atoms with Gasteiger partial charge in [-0.3, -0.25) is 4.79 Å². The molecule has 10 heavy (non-hydrogen) atoms. The van der Waals surface area contributed by atoms with Crippen molar-refractivity contribution in [2.24, 2.45) is 5.73 Å². The van der Waals surface area contributed by atoms with Crippen LogP contribution in [-0.4, -0.2) is 24.5 Å². The van der Waals surface area contributed by atoms with Crippen molar-refractivity contribution in [3.8, 4) is 0 Å². The lowest BCUT2D eigenvalue weighted by Crippen LogP contribution is -2.38. The highest BCUT2D eigenvalue weighted by Crippen LogP contribution is 1.99. The van der Waals surface area contributed by atoms with Crippen molar-refractivity contribution >= 4 is 30.0 Å². The molecule has 0 saturated heterocycles. The zero-order chi connectivity index (χ0) is 7.44. The first-order valence-corrected chi connectivity index (χ1v) is 3.00. The number of nitrogens with two attached hydrogens (primary N) is 1. The Morgan fingerprint density at radius 3 is 2.20 bits per heavy atom. The molecule has 0 aliphatic heterocycles. The molecule has 0 aliphatic rings. The molecule has 5 heteroatoms. The Kier molecular flexibility index (Phi) is 7.31. The number of methoxy groups -OCH3 is 1. The first-order chi connectivity index (χ1) is 4.09. The summed E-state index contributed by atoms with van der Waals surface area (Å²) in [5.74, 6) is -0.475. The SMILES string of the molecule is COC(=O)[C@H](N)[C@H](C)Cl.Cl. The van der Waals surface area contributed by atoms with Gasteiger partial charge in [0.25, 0.3) is 0 Å².